The van der Waals surface area contributed by atoms with Crippen molar-refractivity contribution in [2.45, 2.75) is 24.0 Å². The number of benzene rings is 1. The second-order valence-electron chi connectivity index (χ2n) is 7.06. The maximum Gasteiger partial charge on any atom is 0.252 e. The molecule has 1 atom stereocenters. The van der Waals surface area contributed by atoms with Crippen LogP contribution in [0.2, 0.25) is 0 Å². The van der Waals surface area contributed by atoms with E-state index >= 15 is 0 Å². The molecule has 168 valence electrons. The van der Waals surface area contributed by atoms with Crippen LogP contribution in [0.5, 0.6) is 0 Å². The van der Waals surface area contributed by atoms with E-state index in [4.69, 9.17) is 0 Å². The molecule has 2 amide bonds. The van der Waals surface area contributed by atoms with Crippen LogP contribution in [0.25, 0.3) is 0 Å². The van der Waals surface area contributed by atoms with Gasteiger partial charge in [0.05, 0.1) is 18.2 Å². The molecule has 0 spiro atoms. The Morgan fingerprint density at radius 1 is 1.16 bits per heavy atom. The normalized spacial score (nSPS) is 17.4. The lowest BCUT2D eigenvalue weighted by molar-refractivity contribution is -0.128. The molecule has 1 fully saturated rings. The zero-order valence-corrected chi connectivity index (χ0v) is 18.1. The first-order chi connectivity index (χ1) is 14.6. The van der Waals surface area contributed by atoms with E-state index in [-0.39, 0.29) is 10.8 Å². The van der Waals surface area contributed by atoms with Crippen molar-refractivity contribution in [1.29, 1.82) is 0 Å². The molecule has 2 aromatic rings. The number of amides is 2. The number of nitrogens with one attached hydrogen (secondary N) is 2. The maximum atomic E-state index is 13.6. The molecule has 31 heavy (non-hydrogen) atoms. The van der Waals surface area contributed by atoms with Crippen LogP contribution in [0.4, 0.5) is 18.9 Å². The van der Waals surface area contributed by atoms with Crippen LogP contribution in [-0.4, -0.2) is 44.2 Å². The topological polar surface area (TPSA) is 95.6 Å². The fraction of sp³-hybridized carbons (Fsp3) is 0.368. The van der Waals surface area contributed by atoms with E-state index < -0.39 is 57.4 Å². The average molecular weight is 476 g/mol. The highest BCUT2D eigenvalue weighted by Crippen LogP contribution is 2.28. The summed E-state index contributed by atoms with van der Waals surface area (Å²) in [4.78, 5) is 25.2. The average Bonchev–Trinajstić information content (AvgIpc) is 3.19. The largest absolute Gasteiger partial charge is 0.347 e. The second-order valence-corrected chi connectivity index (χ2v) is 10.5. The summed E-state index contributed by atoms with van der Waals surface area (Å²) in [6.07, 6.45) is 0.925. The highest BCUT2D eigenvalue weighted by atomic mass is 32.2. The second kappa shape index (κ2) is 9.37. The van der Waals surface area contributed by atoms with Crippen LogP contribution < -0.4 is 10.6 Å². The number of halogens is 3. The Balaban J connectivity index is 1.57. The van der Waals surface area contributed by atoms with Gasteiger partial charge in [0.1, 0.15) is 4.21 Å². The van der Waals surface area contributed by atoms with E-state index in [9.17, 15) is 31.2 Å². The number of hydrogen-bond donors (Lipinski definition) is 2. The van der Waals surface area contributed by atoms with Crippen LogP contribution >= 0.6 is 11.3 Å². The Morgan fingerprint density at radius 2 is 1.90 bits per heavy atom. The van der Waals surface area contributed by atoms with Crippen molar-refractivity contribution in [3.63, 3.8) is 0 Å². The van der Waals surface area contributed by atoms with E-state index in [0.29, 0.717) is 25.5 Å². The first-order valence-electron chi connectivity index (χ1n) is 9.37. The van der Waals surface area contributed by atoms with Gasteiger partial charge in [0.15, 0.2) is 17.5 Å². The van der Waals surface area contributed by atoms with Crippen LogP contribution in [0.3, 0.4) is 0 Å². The van der Waals surface area contributed by atoms with E-state index in [0.717, 1.165) is 22.3 Å². The summed E-state index contributed by atoms with van der Waals surface area (Å²) in [7, 11) is -3.71. The number of sulfonamides is 1. The van der Waals surface area contributed by atoms with Crippen LogP contribution in [0, 0.1) is 30.3 Å². The van der Waals surface area contributed by atoms with Crippen molar-refractivity contribution in [1.82, 2.24) is 9.62 Å². The molecule has 1 saturated heterocycles. The Morgan fingerprint density at radius 3 is 2.58 bits per heavy atom. The van der Waals surface area contributed by atoms with Gasteiger partial charge in [-0.05, 0) is 44.0 Å². The van der Waals surface area contributed by atoms with Gasteiger partial charge in [-0.1, -0.05) is 0 Å². The van der Waals surface area contributed by atoms with Gasteiger partial charge in [0.2, 0.25) is 11.8 Å². The van der Waals surface area contributed by atoms with Gasteiger partial charge in [-0.3, -0.25) is 9.59 Å². The molecule has 3 rings (SSSR count). The van der Waals surface area contributed by atoms with Crippen molar-refractivity contribution < 1.29 is 31.2 Å². The van der Waals surface area contributed by atoms with Crippen molar-refractivity contribution in [2.24, 2.45) is 5.92 Å². The van der Waals surface area contributed by atoms with Crippen molar-refractivity contribution in [2.75, 3.05) is 25.0 Å². The summed E-state index contributed by atoms with van der Waals surface area (Å²) in [6.45, 7) is 1.53. The Bertz CT molecular complexity index is 1100. The monoisotopic (exact) mass is 475 g/mol. The molecular formula is C19H20F3N3O4S2. The molecule has 0 saturated carbocycles. The molecule has 0 radical (unpaired) electrons. The summed E-state index contributed by atoms with van der Waals surface area (Å²) in [5.74, 6) is -6.67. The summed E-state index contributed by atoms with van der Waals surface area (Å²) in [6, 6.07) is 4.77. The standard InChI is InChI=1S/C19H20F3N3O4S2/c1-11-4-7-16(30-11)31(28,29)25-8-2-3-12(10-25)19(27)23-9-15(26)24-14-6-5-13(20)17(21)18(14)22/h4-7,12H,2-3,8-10H2,1H3,(H,23,27)(H,24,26). The summed E-state index contributed by atoms with van der Waals surface area (Å²) in [5, 5.41) is 4.43. The number of carbonyl (C=O) groups is 2. The number of carbonyl (C=O) groups excluding carboxylic acids is 2. The van der Waals surface area contributed by atoms with Gasteiger partial charge >= 0.3 is 0 Å². The molecule has 1 aromatic heterocycles. The Kier molecular flexibility index (Phi) is 7.02. The number of anilines is 1. The van der Waals surface area contributed by atoms with Gasteiger partial charge in [-0.15, -0.1) is 11.3 Å². The lowest BCUT2D eigenvalue weighted by Crippen LogP contribution is -2.46. The smallest absolute Gasteiger partial charge is 0.252 e. The van der Waals surface area contributed by atoms with E-state index in [1.54, 1.807) is 13.0 Å². The Labute approximate surface area is 181 Å². The number of aryl methyl sites for hydroxylation is 1. The summed E-state index contributed by atoms with van der Waals surface area (Å²) < 4.78 is 66.8. The van der Waals surface area contributed by atoms with Crippen LogP contribution in [0.15, 0.2) is 28.5 Å². The van der Waals surface area contributed by atoms with Gasteiger partial charge < -0.3 is 10.6 Å². The van der Waals surface area contributed by atoms with Crippen molar-refractivity contribution in [3.05, 3.63) is 46.6 Å². The van der Waals surface area contributed by atoms with E-state index in [2.05, 4.69) is 10.6 Å². The molecule has 1 aliphatic heterocycles. The van der Waals surface area contributed by atoms with Crippen LogP contribution in [-0.2, 0) is 19.6 Å². The summed E-state index contributed by atoms with van der Waals surface area (Å²) in [5.41, 5.74) is -0.556. The van der Waals surface area contributed by atoms with Gasteiger partial charge in [-0.2, -0.15) is 4.31 Å². The fourth-order valence-electron chi connectivity index (χ4n) is 3.18. The van der Waals surface area contributed by atoms with Crippen molar-refractivity contribution in [3.8, 4) is 0 Å². The number of nitrogens with zero attached hydrogens (tertiary/aromatic N) is 1. The minimum atomic E-state index is -3.71. The lowest BCUT2D eigenvalue weighted by Gasteiger charge is -2.30. The molecule has 1 aromatic carbocycles. The Hall–Kier alpha value is -2.44. The quantitative estimate of drug-likeness (QED) is 0.628. The van der Waals surface area contributed by atoms with E-state index in [1.165, 1.54) is 10.4 Å². The van der Waals surface area contributed by atoms with Crippen LogP contribution in [0.1, 0.15) is 17.7 Å². The molecule has 12 heteroatoms. The highest BCUT2D eigenvalue weighted by Gasteiger charge is 2.34. The number of thiophene rings is 1. The molecule has 0 bridgehead atoms. The van der Waals surface area contributed by atoms with E-state index in [1.807, 2.05) is 0 Å². The first kappa shape index (κ1) is 23.2. The molecule has 1 unspecified atom stereocenters. The predicted molar refractivity (Wildman–Crippen MR) is 108 cm³/mol. The lowest BCUT2D eigenvalue weighted by atomic mass is 9.99. The molecule has 2 heterocycles. The molecule has 1 aliphatic rings. The fourth-order valence-corrected chi connectivity index (χ4v) is 6.14. The predicted octanol–water partition coefficient (Wildman–Crippen LogP) is 2.63. The SMILES string of the molecule is Cc1ccc(S(=O)(=O)N2CCCC(C(=O)NCC(=O)Nc3ccc(F)c(F)c3F)C2)s1. The summed E-state index contributed by atoms with van der Waals surface area (Å²) >= 11 is 1.15. The van der Waals surface area contributed by atoms with Gasteiger partial charge in [0.25, 0.3) is 10.0 Å². The molecule has 0 aliphatic carbocycles. The molecular weight excluding hydrogens is 455 g/mol. The van der Waals surface area contributed by atoms with Crippen molar-refractivity contribution >= 4 is 38.9 Å². The molecule has 2 N–H and O–H groups in total. The first-order valence-corrected chi connectivity index (χ1v) is 11.6. The zero-order valence-electron chi connectivity index (χ0n) is 16.5. The number of piperidine rings is 1. The third-order valence-electron chi connectivity index (χ3n) is 4.80. The third kappa shape index (κ3) is 5.25. The number of rotatable bonds is 6. The minimum Gasteiger partial charge on any atom is -0.347 e. The highest BCUT2D eigenvalue weighted by molar-refractivity contribution is 7.91. The van der Waals surface area contributed by atoms with Gasteiger partial charge in [-0.25, -0.2) is 21.6 Å². The van der Waals surface area contributed by atoms with Gasteiger partial charge in [0, 0.05) is 18.0 Å². The maximum absolute atomic E-state index is 13.6. The third-order valence-corrected chi connectivity index (χ3v) is 8.13. The molecule has 7 nitrogen and oxygen atoms in total. The minimum absolute atomic E-state index is 0.0233. The number of hydrogen-bond acceptors (Lipinski definition) is 5. The zero-order chi connectivity index (χ0) is 22.8.